The van der Waals surface area contributed by atoms with Crippen molar-refractivity contribution in [1.29, 1.82) is 0 Å². The molecular formula is C11H14O2. The van der Waals surface area contributed by atoms with Crippen LogP contribution in [0.4, 0.5) is 0 Å². The van der Waals surface area contributed by atoms with Gasteiger partial charge in [-0.1, -0.05) is 23.8 Å². The van der Waals surface area contributed by atoms with Gasteiger partial charge in [-0.05, 0) is 31.9 Å². The molecule has 0 aromatic heterocycles. The number of carbonyl (C=O) groups is 1. The highest BCUT2D eigenvalue weighted by Crippen LogP contribution is 2.22. The summed E-state index contributed by atoms with van der Waals surface area (Å²) >= 11 is 0. The van der Waals surface area contributed by atoms with Gasteiger partial charge in [0.1, 0.15) is 5.60 Å². The van der Waals surface area contributed by atoms with Crippen LogP contribution in [0.15, 0.2) is 18.2 Å². The van der Waals surface area contributed by atoms with Crippen molar-refractivity contribution in [3.8, 4) is 0 Å². The Balaban J connectivity index is 3.28. The van der Waals surface area contributed by atoms with Gasteiger partial charge in [0.05, 0.1) is 0 Å². The van der Waals surface area contributed by atoms with Crippen molar-refractivity contribution < 1.29 is 9.90 Å². The lowest BCUT2D eigenvalue weighted by Gasteiger charge is -2.19. The lowest BCUT2D eigenvalue weighted by atomic mass is 9.92. The average molecular weight is 178 g/mol. The van der Waals surface area contributed by atoms with Gasteiger partial charge in [0.2, 0.25) is 0 Å². The van der Waals surface area contributed by atoms with Crippen molar-refractivity contribution in [2.45, 2.75) is 26.4 Å². The molecule has 70 valence electrons. The number of aliphatic hydroxyl groups is 1. The molecule has 0 radical (unpaired) electrons. The summed E-state index contributed by atoms with van der Waals surface area (Å²) in [5.74, 6) is 0. The number of hydrogen-bond acceptors (Lipinski definition) is 2. The van der Waals surface area contributed by atoms with Gasteiger partial charge in [0.15, 0.2) is 6.29 Å². The van der Waals surface area contributed by atoms with Crippen LogP contribution < -0.4 is 0 Å². The maximum absolute atomic E-state index is 10.6. The van der Waals surface area contributed by atoms with Gasteiger partial charge in [-0.25, -0.2) is 0 Å². The van der Waals surface area contributed by atoms with Crippen LogP contribution in [0.5, 0.6) is 0 Å². The standard InChI is InChI=1S/C11H14O2/c1-8-4-5-9(2)10(6-8)11(3,13)7-12/h4-7,13H,1-3H3. The van der Waals surface area contributed by atoms with Crippen LogP contribution in [0, 0.1) is 13.8 Å². The van der Waals surface area contributed by atoms with E-state index >= 15 is 0 Å². The van der Waals surface area contributed by atoms with Crippen LogP contribution in [0.1, 0.15) is 23.6 Å². The zero-order chi connectivity index (χ0) is 10.1. The summed E-state index contributed by atoms with van der Waals surface area (Å²) < 4.78 is 0. The van der Waals surface area contributed by atoms with Crippen LogP contribution in [0.2, 0.25) is 0 Å². The van der Waals surface area contributed by atoms with Gasteiger partial charge in [0, 0.05) is 0 Å². The molecule has 0 saturated carbocycles. The van der Waals surface area contributed by atoms with Gasteiger partial charge >= 0.3 is 0 Å². The zero-order valence-corrected chi connectivity index (χ0v) is 8.16. The Bertz CT molecular complexity index is 327. The first-order valence-electron chi connectivity index (χ1n) is 4.24. The molecule has 1 aromatic carbocycles. The minimum atomic E-state index is -1.36. The van der Waals surface area contributed by atoms with E-state index in [1.807, 2.05) is 32.0 Å². The topological polar surface area (TPSA) is 37.3 Å². The Morgan fingerprint density at radius 2 is 2.00 bits per heavy atom. The van der Waals surface area contributed by atoms with E-state index in [1.54, 1.807) is 0 Å². The van der Waals surface area contributed by atoms with Gasteiger partial charge in [-0.15, -0.1) is 0 Å². The zero-order valence-electron chi connectivity index (χ0n) is 8.16. The highest BCUT2D eigenvalue weighted by molar-refractivity contribution is 5.66. The maximum Gasteiger partial charge on any atom is 0.155 e. The fraction of sp³-hybridized carbons (Fsp3) is 0.364. The minimum Gasteiger partial charge on any atom is -0.378 e. The summed E-state index contributed by atoms with van der Waals surface area (Å²) in [6.45, 7) is 5.32. The Kier molecular flexibility index (Phi) is 2.52. The van der Waals surface area contributed by atoms with Gasteiger partial charge in [-0.2, -0.15) is 0 Å². The Hall–Kier alpha value is -1.15. The highest BCUT2D eigenvalue weighted by atomic mass is 16.3. The molecule has 0 bridgehead atoms. The van der Waals surface area contributed by atoms with Crippen LogP contribution in [-0.4, -0.2) is 11.4 Å². The molecule has 0 heterocycles. The molecule has 0 saturated heterocycles. The molecule has 13 heavy (non-hydrogen) atoms. The molecular weight excluding hydrogens is 164 g/mol. The van der Waals surface area contributed by atoms with Crippen molar-refractivity contribution in [3.05, 3.63) is 34.9 Å². The third kappa shape index (κ3) is 1.95. The van der Waals surface area contributed by atoms with Crippen LogP contribution in [-0.2, 0) is 10.4 Å². The third-order valence-corrected chi connectivity index (χ3v) is 2.17. The fourth-order valence-corrected chi connectivity index (χ4v) is 1.34. The molecule has 0 aliphatic heterocycles. The minimum absolute atomic E-state index is 0.564. The first kappa shape index (κ1) is 9.93. The van der Waals surface area contributed by atoms with E-state index < -0.39 is 5.60 Å². The van der Waals surface area contributed by atoms with Crippen molar-refractivity contribution in [3.63, 3.8) is 0 Å². The maximum atomic E-state index is 10.6. The highest BCUT2D eigenvalue weighted by Gasteiger charge is 2.23. The number of carbonyl (C=O) groups excluding carboxylic acids is 1. The lowest BCUT2D eigenvalue weighted by molar-refractivity contribution is -0.123. The van der Waals surface area contributed by atoms with Crippen LogP contribution in [0.3, 0.4) is 0 Å². The van der Waals surface area contributed by atoms with E-state index in [9.17, 15) is 9.90 Å². The molecule has 0 aliphatic rings. The molecule has 0 fully saturated rings. The molecule has 1 rings (SSSR count). The predicted octanol–water partition coefficient (Wildman–Crippen LogP) is 1.71. The van der Waals surface area contributed by atoms with Gasteiger partial charge in [0.25, 0.3) is 0 Å². The summed E-state index contributed by atoms with van der Waals surface area (Å²) in [6, 6.07) is 5.70. The van der Waals surface area contributed by atoms with Crippen LogP contribution >= 0.6 is 0 Å². The second-order valence-electron chi connectivity index (χ2n) is 3.58. The molecule has 2 nitrogen and oxygen atoms in total. The molecule has 2 heteroatoms. The SMILES string of the molecule is Cc1ccc(C)c(C(C)(O)C=O)c1. The Morgan fingerprint density at radius 1 is 1.38 bits per heavy atom. The first-order chi connectivity index (χ1) is 5.97. The number of rotatable bonds is 2. The van der Waals surface area contributed by atoms with E-state index in [4.69, 9.17) is 0 Å². The summed E-state index contributed by atoms with van der Waals surface area (Å²) in [7, 11) is 0. The summed E-state index contributed by atoms with van der Waals surface area (Å²) in [5.41, 5.74) is 1.30. The van der Waals surface area contributed by atoms with Crippen molar-refractivity contribution in [2.75, 3.05) is 0 Å². The normalized spacial score (nSPS) is 15.1. The van der Waals surface area contributed by atoms with Gasteiger partial charge in [-0.3, -0.25) is 4.79 Å². The average Bonchev–Trinajstić information content (AvgIpc) is 2.09. The number of aldehydes is 1. The number of benzene rings is 1. The largest absolute Gasteiger partial charge is 0.378 e. The Labute approximate surface area is 78.2 Å². The fourth-order valence-electron chi connectivity index (χ4n) is 1.34. The van der Waals surface area contributed by atoms with Crippen LogP contribution in [0.25, 0.3) is 0 Å². The Morgan fingerprint density at radius 3 is 2.54 bits per heavy atom. The van der Waals surface area contributed by atoms with Crippen molar-refractivity contribution in [1.82, 2.24) is 0 Å². The van der Waals surface area contributed by atoms with Gasteiger partial charge < -0.3 is 5.11 Å². The number of hydrogen-bond donors (Lipinski definition) is 1. The first-order valence-corrected chi connectivity index (χ1v) is 4.24. The summed E-state index contributed by atoms with van der Waals surface area (Å²) in [4.78, 5) is 10.6. The molecule has 1 aromatic rings. The monoisotopic (exact) mass is 178 g/mol. The quantitative estimate of drug-likeness (QED) is 0.700. The van der Waals surface area contributed by atoms with Crippen molar-refractivity contribution >= 4 is 6.29 Å². The second-order valence-corrected chi connectivity index (χ2v) is 3.58. The molecule has 0 aliphatic carbocycles. The van der Waals surface area contributed by atoms with E-state index in [-0.39, 0.29) is 0 Å². The van der Waals surface area contributed by atoms with E-state index in [0.29, 0.717) is 11.8 Å². The second kappa shape index (κ2) is 3.30. The molecule has 1 N–H and O–H groups in total. The summed E-state index contributed by atoms with van der Waals surface area (Å²) in [6.07, 6.45) is 0.564. The molecule has 0 spiro atoms. The number of aryl methyl sites for hydroxylation is 2. The molecule has 0 amide bonds. The smallest absolute Gasteiger partial charge is 0.155 e. The van der Waals surface area contributed by atoms with E-state index in [2.05, 4.69) is 0 Å². The summed E-state index contributed by atoms with van der Waals surface area (Å²) in [5, 5.41) is 9.73. The molecule has 1 unspecified atom stereocenters. The predicted molar refractivity (Wildman–Crippen MR) is 51.6 cm³/mol. The van der Waals surface area contributed by atoms with E-state index in [0.717, 1.165) is 11.1 Å². The molecule has 1 atom stereocenters. The van der Waals surface area contributed by atoms with Crippen molar-refractivity contribution in [2.24, 2.45) is 0 Å². The third-order valence-electron chi connectivity index (χ3n) is 2.17. The van der Waals surface area contributed by atoms with E-state index in [1.165, 1.54) is 6.92 Å². The lowest BCUT2D eigenvalue weighted by Crippen LogP contribution is -2.24.